The summed E-state index contributed by atoms with van der Waals surface area (Å²) in [4.78, 5) is 16.2. The molecule has 0 radical (unpaired) electrons. The highest BCUT2D eigenvalue weighted by Crippen LogP contribution is 2.23. The van der Waals surface area contributed by atoms with Crippen molar-refractivity contribution >= 4 is 21.6 Å². The molecule has 6 nitrogen and oxygen atoms in total. The number of benzene rings is 2. The molecule has 162 valence electrons. The zero-order chi connectivity index (χ0) is 21.9. The number of amides is 1. The first kappa shape index (κ1) is 22.3. The second-order valence-corrected chi connectivity index (χ2v) is 10.0. The van der Waals surface area contributed by atoms with E-state index in [0.717, 1.165) is 49.4 Å². The number of hydrogen-bond donors (Lipinski definition) is 1. The Bertz CT molecular complexity index is 995. The van der Waals surface area contributed by atoms with Crippen molar-refractivity contribution in [3.05, 3.63) is 64.7 Å². The van der Waals surface area contributed by atoms with Gasteiger partial charge in [-0.3, -0.25) is 9.10 Å². The quantitative estimate of drug-likeness (QED) is 0.758. The van der Waals surface area contributed by atoms with Crippen molar-refractivity contribution < 1.29 is 18.1 Å². The van der Waals surface area contributed by atoms with Crippen molar-refractivity contribution in [3.63, 3.8) is 0 Å². The monoisotopic (exact) mass is 430 g/mol. The first-order chi connectivity index (χ1) is 14.2. The van der Waals surface area contributed by atoms with Gasteiger partial charge in [0, 0.05) is 5.56 Å². The van der Waals surface area contributed by atoms with Crippen LogP contribution in [0.15, 0.2) is 42.5 Å². The Balaban J connectivity index is 1.74. The SMILES string of the molecule is CC[NH+]1CCN(C(=O)c2ccc(CN(c3ccc(C)c(C)c3)S(C)(=O)=O)cc2)CC1. The van der Waals surface area contributed by atoms with Crippen LogP contribution in [0.1, 0.15) is 34.0 Å². The van der Waals surface area contributed by atoms with Crippen LogP contribution in [0, 0.1) is 13.8 Å². The number of carbonyl (C=O) groups is 1. The predicted octanol–water partition coefficient (Wildman–Crippen LogP) is 1.63. The average molecular weight is 431 g/mol. The maximum Gasteiger partial charge on any atom is 0.254 e. The molecular weight excluding hydrogens is 398 g/mol. The maximum atomic E-state index is 12.8. The summed E-state index contributed by atoms with van der Waals surface area (Å²) in [5.41, 5.74) is 4.31. The minimum absolute atomic E-state index is 0.0471. The molecule has 1 saturated heterocycles. The van der Waals surface area contributed by atoms with Gasteiger partial charge in [-0.05, 0) is 61.7 Å². The topological polar surface area (TPSA) is 62.1 Å². The van der Waals surface area contributed by atoms with E-state index < -0.39 is 10.0 Å². The minimum Gasteiger partial charge on any atom is -0.332 e. The van der Waals surface area contributed by atoms with Gasteiger partial charge in [-0.25, -0.2) is 8.42 Å². The molecule has 1 heterocycles. The number of likely N-dealkylation sites (N-methyl/N-ethyl adjacent to an activating group) is 1. The second kappa shape index (κ2) is 9.18. The smallest absolute Gasteiger partial charge is 0.254 e. The van der Waals surface area contributed by atoms with Crippen LogP contribution >= 0.6 is 0 Å². The molecule has 3 rings (SSSR count). The van der Waals surface area contributed by atoms with Crippen LogP contribution in [0.5, 0.6) is 0 Å². The summed E-state index contributed by atoms with van der Waals surface area (Å²) in [5.74, 6) is 0.0471. The van der Waals surface area contributed by atoms with Gasteiger partial charge in [-0.15, -0.1) is 0 Å². The summed E-state index contributed by atoms with van der Waals surface area (Å²) >= 11 is 0. The van der Waals surface area contributed by atoms with Gasteiger partial charge >= 0.3 is 0 Å². The lowest BCUT2D eigenvalue weighted by molar-refractivity contribution is -0.902. The number of rotatable bonds is 6. The Hall–Kier alpha value is -2.38. The molecule has 2 aromatic rings. The van der Waals surface area contributed by atoms with Crippen LogP contribution in [0.4, 0.5) is 5.69 Å². The van der Waals surface area contributed by atoms with E-state index >= 15 is 0 Å². The zero-order valence-corrected chi connectivity index (χ0v) is 19.1. The number of anilines is 1. The first-order valence-electron chi connectivity index (χ1n) is 10.5. The number of carbonyl (C=O) groups excluding carboxylic acids is 1. The van der Waals surface area contributed by atoms with E-state index in [2.05, 4.69) is 6.92 Å². The third-order valence-electron chi connectivity index (χ3n) is 5.96. The van der Waals surface area contributed by atoms with Crippen LogP contribution in [0.2, 0.25) is 0 Å². The second-order valence-electron chi connectivity index (χ2n) is 8.13. The Kier molecular flexibility index (Phi) is 6.83. The van der Waals surface area contributed by atoms with Crippen molar-refractivity contribution in [3.8, 4) is 0 Å². The molecule has 1 fully saturated rings. The van der Waals surface area contributed by atoms with Gasteiger partial charge in [0.25, 0.3) is 5.91 Å². The van der Waals surface area contributed by atoms with E-state index in [1.807, 2.05) is 49.1 Å². The highest BCUT2D eigenvalue weighted by atomic mass is 32.2. The molecule has 0 aliphatic carbocycles. The molecule has 1 aliphatic heterocycles. The van der Waals surface area contributed by atoms with Gasteiger partial charge in [0.2, 0.25) is 10.0 Å². The van der Waals surface area contributed by atoms with Gasteiger partial charge in [0.15, 0.2) is 0 Å². The van der Waals surface area contributed by atoms with Crippen molar-refractivity contribution in [1.29, 1.82) is 0 Å². The van der Waals surface area contributed by atoms with Crippen molar-refractivity contribution in [2.24, 2.45) is 0 Å². The van der Waals surface area contributed by atoms with Crippen LogP contribution in [0.25, 0.3) is 0 Å². The number of nitrogens with zero attached hydrogens (tertiary/aromatic N) is 2. The Labute approximate surface area is 180 Å². The first-order valence-corrected chi connectivity index (χ1v) is 12.3. The molecule has 0 atom stereocenters. The number of piperazine rings is 1. The lowest BCUT2D eigenvalue weighted by atomic mass is 10.1. The molecule has 0 spiro atoms. The fourth-order valence-electron chi connectivity index (χ4n) is 3.76. The number of sulfonamides is 1. The van der Waals surface area contributed by atoms with Gasteiger partial charge in [-0.2, -0.15) is 0 Å². The molecule has 1 aliphatic rings. The van der Waals surface area contributed by atoms with E-state index in [4.69, 9.17) is 0 Å². The molecule has 0 bridgehead atoms. The lowest BCUT2D eigenvalue weighted by Gasteiger charge is -2.31. The lowest BCUT2D eigenvalue weighted by Crippen LogP contribution is -3.14. The zero-order valence-electron chi connectivity index (χ0n) is 18.3. The maximum absolute atomic E-state index is 12.8. The third kappa shape index (κ3) is 5.21. The van der Waals surface area contributed by atoms with Crippen molar-refractivity contribution in [2.75, 3.05) is 43.3 Å². The van der Waals surface area contributed by atoms with E-state index in [0.29, 0.717) is 11.3 Å². The van der Waals surface area contributed by atoms with E-state index in [9.17, 15) is 13.2 Å². The highest BCUT2D eigenvalue weighted by Gasteiger charge is 2.24. The van der Waals surface area contributed by atoms with Crippen molar-refractivity contribution in [2.45, 2.75) is 27.3 Å². The summed E-state index contributed by atoms with van der Waals surface area (Å²) in [6.07, 6.45) is 1.22. The highest BCUT2D eigenvalue weighted by molar-refractivity contribution is 7.92. The van der Waals surface area contributed by atoms with Gasteiger partial charge in [-0.1, -0.05) is 18.2 Å². The molecular formula is C23H32N3O3S+. The van der Waals surface area contributed by atoms with Crippen molar-refractivity contribution in [1.82, 2.24) is 4.90 Å². The summed E-state index contributed by atoms with van der Waals surface area (Å²) in [7, 11) is -3.44. The number of nitrogens with one attached hydrogen (secondary N) is 1. The third-order valence-corrected chi connectivity index (χ3v) is 7.10. The minimum atomic E-state index is -3.44. The molecule has 0 aromatic heterocycles. The Morgan fingerprint density at radius 1 is 1.03 bits per heavy atom. The number of quaternary nitrogens is 1. The molecule has 30 heavy (non-hydrogen) atoms. The van der Waals surface area contributed by atoms with E-state index in [-0.39, 0.29) is 12.5 Å². The molecule has 0 saturated carbocycles. The summed E-state index contributed by atoms with van der Waals surface area (Å²) in [6, 6.07) is 13.0. The molecule has 1 N–H and O–H groups in total. The summed E-state index contributed by atoms with van der Waals surface area (Å²) in [6.45, 7) is 11.0. The predicted molar refractivity (Wildman–Crippen MR) is 121 cm³/mol. The Morgan fingerprint density at radius 2 is 1.67 bits per heavy atom. The summed E-state index contributed by atoms with van der Waals surface area (Å²) < 4.78 is 26.3. The van der Waals surface area contributed by atoms with Gasteiger partial charge in [0.05, 0.1) is 51.2 Å². The van der Waals surface area contributed by atoms with Crippen LogP contribution in [-0.2, 0) is 16.6 Å². The van der Waals surface area contributed by atoms with Crippen LogP contribution in [0.3, 0.4) is 0 Å². The normalized spacial score (nSPS) is 15.3. The molecule has 7 heteroatoms. The Morgan fingerprint density at radius 3 is 2.20 bits per heavy atom. The fourth-order valence-corrected chi connectivity index (χ4v) is 4.64. The van der Waals surface area contributed by atoms with E-state index in [1.54, 1.807) is 12.1 Å². The standard InChI is InChI=1S/C23H31N3O3S/c1-5-24-12-14-25(15-13-24)23(27)21-9-7-20(8-10-21)17-26(30(4,28)29)22-11-6-18(2)19(3)16-22/h6-11,16H,5,12-15,17H2,1-4H3/p+1. The van der Waals surface area contributed by atoms with Crippen LogP contribution < -0.4 is 9.21 Å². The van der Waals surface area contributed by atoms with Crippen LogP contribution in [-0.4, -0.2) is 58.2 Å². The molecule has 1 amide bonds. The van der Waals surface area contributed by atoms with E-state index in [1.165, 1.54) is 15.5 Å². The summed E-state index contributed by atoms with van der Waals surface area (Å²) in [5, 5.41) is 0. The fraction of sp³-hybridized carbons (Fsp3) is 0.435. The average Bonchev–Trinajstić information content (AvgIpc) is 2.73. The number of hydrogen-bond acceptors (Lipinski definition) is 3. The molecule has 2 aromatic carbocycles. The van der Waals surface area contributed by atoms with Gasteiger partial charge < -0.3 is 9.80 Å². The largest absolute Gasteiger partial charge is 0.332 e. The molecule has 0 unspecified atom stereocenters. The number of aryl methyl sites for hydroxylation is 2. The van der Waals surface area contributed by atoms with Gasteiger partial charge in [0.1, 0.15) is 0 Å².